The molecule has 1 fully saturated rings. The molecule has 1 heterocycles. The molecule has 2 aromatic rings. The standard InChI is InChI=1S/C25H28N2O3/c1-17-12-13-22-20(14-17)23(28)21(16-26-15-18-8-4-2-5-9-18)24(30-22)25(29)27-19-10-6-3-7-11-19/h2,4-5,8-9,12-14,16,19,24,26H,3,6-7,10-11,15H2,1H3,(H,27,29)/b21-16+. The van der Waals surface area contributed by atoms with E-state index in [9.17, 15) is 9.59 Å². The third-order valence-electron chi connectivity index (χ3n) is 5.77. The molecule has 1 unspecified atom stereocenters. The molecule has 5 nitrogen and oxygen atoms in total. The average molecular weight is 405 g/mol. The molecule has 1 atom stereocenters. The van der Waals surface area contributed by atoms with Crippen molar-refractivity contribution in [3.8, 4) is 5.75 Å². The maximum absolute atomic E-state index is 13.3. The SMILES string of the molecule is Cc1ccc2c(c1)C(=O)/C(=C\NCc1ccccc1)C(C(=O)NC1CCCCC1)O2. The van der Waals surface area contributed by atoms with E-state index in [-0.39, 0.29) is 17.7 Å². The van der Waals surface area contributed by atoms with Crippen LogP contribution in [0.4, 0.5) is 0 Å². The van der Waals surface area contributed by atoms with E-state index in [2.05, 4.69) is 10.6 Å². The lowest BCUT2D eigenvalue weighted by molar-refractivity contribution is -0.127. The molecule has 1 saturated carbocycles. The van der Waals surface area contributed by atoms with Gasteiger partial charge in [-0.3, -0.25) is 9.59 Å². The number of aryl methyl sites for hydroxylation is 1. The Balaban J connectivity index is 1.57. The topological polar surface area (TPSA) is 67.4 Å². The number of hydrogen-bond acceptors (Lipinski definition) is 4. The van der Waals surface area contributed by atoms with E-state index in [1.165, 1.54) is 6.42 Å². The summed E-state index contributed by atoms with van der Waals surface area (Å²) < 4.78 is 6.03. The van der Waals surface area contributed by atoms with Gasteiger partial charge in [-0.25, -0.2) is 0 Å². The first-order chi connectivity index (χ1) is 14.6. The molecule has 0 radical (unpaired) electrons. The average Bonchev–Trinajstić information content (AvgIpc) is 2.77. The number of ether oxygens (including phenoxy) is 1. The molecule has 2 aliphatic rings. The van der Waals surface area contributed by atoms with E-state index in [0.717, 1.165) is 36.8 Å². The fourth-order valence-corrected chi connectivity index (χ4v) is 4.12. The van der Waals surface area contributed by atoms with Crippen LogP contribution in [0, 0.1) is 6.92 Å². The minimum Gasteiger partial charge on any atom is -0.475 e. The Morgan fingerprint density at radius 3 is 2.63 bits per heavy atom. The summed E-state index contributed by atoms with van der Waals surface area (Å²) in [4.78, 5) is 26.3. The largest absolute Gasteiger partial charge is 0.475 e. The number of carbonyl (C=O) groups is 2. The van der Waals surface area contributed by atoms with E-state index in [4.69, 9.17) is 4.74 Å². The van der Waals surface area contributed by atoms with Gasteiger partial charge in [0.2, 0.25) is 6.10 Å². The lowest BCUT2D eigenvalue weighted by Gasteiger charge is -2.30. The smallest absolute Gasteiger partial charge is 0.266 e. The summed E-state index contributed by atoms with van der Waals surface area (Å²) in [5.74, 6) is 0.0631. The number of nitrogens with one attached hydrogen (secondary N) is 2. The van der Waals surface area contributed by atoms with Crippen molar-refractivity contribution in [2.24, 2.45) is 0 Å². The second-order valence-electron chi connectivity index (χ2n) is 8.14. The Kier molecular flexibility index (Phi) is 6.17. The first kappa shape index (κ1) is 20.2. The second kappa shape index (κ2) is 9.16. The molecule has 5 heteroatoms. The number of Topliss-reactive ketones (excluding diaryl/α,β-unsaturated/α-hetero) is 1. The van der Waals surface area contributed by atoms with Gasteiger partial charge in [-0.05, 0) is 37.5 Å². The van der Waals surface area contributed by atoms with Gasteiger partial charge >= 0.3 is 0 Å². The fourth-order valence-electron chi connectivity index (χ4n) is 4.12. The lowest BCUT2D eigenvalue weighted by Crippen LogP contribution is -2.48. The first-order valence-electron chi connectivity index (χ1n) is 10.7. The van der Waals surface area contributed by atoms with Crippen LogP contribution < -0.4 is 15.4 Å². The van der Waals surface area contributed by atoms with Crippen molar-refractivity contribution in [2.45, 2.75) is 57.7 Å². The monoisotopic (exact) mass is 404 g/mol. The van der Waals surface area contributed by atoms with Gasteiger partial charge in [0.1, 0.15) is 5.75 Å². The molecule has 156 valence electrons. The van der Waals surface area contributed by atoms with Crippen LogP contribution in [0.25, 0.3) is 0 Å². The zero-order valence-electron chi connectivity index (χ0n) is 17.3. The lowest BCUT2D eigenvalue weighted by atomic mass is 9.92. The zero-order valence-corrected chi connectivity index (χ0v) is 17.3. The molecular formula is C25H28N2O3. The molecule has 0 spiro atoms. The summed E-state index contributed by atoms with van der Waals surface area (Å²) in [6, 6.07) is 15.6. The maximum atomic E-state index is 13.3. The summed E-state index contributed by atoms with van der Waals surface area (Å²) in [5.41, 5.74) is 2.92. The van der Waals surface area contributed by atoms with E-state index in [1.54, 1.807) is 12.3 Å². The number of benzene rings is 2. The van der Waals surface area contributed by atoms with Crippen molar-refractivity contribution in [3.05, 3.63) is 77.0 Å². The Morgan fingerprint density at radius 1 is 1.10 bits per heavy atom. The van der Waals surface area contributed by atoms with Gasteiger partial charge in [0.25, 0.3) is 5.91 Å². The highest BCUT2D eigenvalue weighted by Gasteiger charge is 2.37. The highest BCUT2D eigenvalue weighted by atomic mass is 16.5. The molecule has 1 amide bonds. The Bertz CT molecular complexity index is 946. The number of carbonyl (C=O) groups excluding carboxylic acids is 2. The van der Waals surface area contributed by atoms with E-state index in [0.29, 0.717) is 23.4 Å². The predicted octanol–water partition coefficient (Wildman–Crippen LogP) is 4.06. The van der Waals surface area contributed by atoms with Crippen molar-refractivity contribution in [2.75, 3.05) is 0 Å². The normalized spacial score (nSPS) is 20.4. The van der Waals surface area contributed by atoms with Crippen LogP contribution in [0.3, 0.4) is 0 Å². The van der Waals surface area contributed by atoms with Crippen molar-refractivity contribution in [3.63, 3.8) is 0 Å². The van der Waals surface area contributed by atoms with Crippen molar-refractivity contribution in [1.29, 1.82) is 0 Å². The molecule has 0 bridgehead atoms. The summed E-state index contributed by atoms with van der Waals surface area (Å²) in [7, 11) is 0. The molecule has 0 aromatic heterocycles. The molecule has 30 heavy (non-hydrogen) atoms. The molecule has 0 saturated heterocycles. The summed E-state index contributed by atoms with van der Waals surface area (Å²) in [6.07, 6.45) is 6.12. The Morgan fingerprint density at radius 2 is 1.87 bits per heavy atom. The third kappa shape index (κ3) is 4.56. The van der Waals surface area contributed by atoms with Crippen LogP contribution in [0.5, 0.6) is 5.75 Å². The summed E-state index contributed by atoms with van der Waals surface area (Å²) >= 11 is 0. The van der Waals surface area contributed by atoms with Crippen LogP contribution >= 0.6 is 0 Å². The maximum Gasteiger partial charge on any atom is 0.266 e. The van der Waals surface area contributed by atoms with Crippen LogP contribution in [0.1, 0.15) is 53.6 Å². The minimum absolute atomic E-state index is 0.155. The molecular weight excluding hydrogens is 376 g/mol. The van der Waals surface area contributed by atoms with Gasteiger partial charge < -0.3 is 15.4 Å². The Labute approximate surface area is 177 Å². The van der Waals surface area contributed by atoms with E-state index >= 15 is 0 Å². The van der Waals surface area contributed by atoms with Gasteiger partial charge in [0.05, 0.1) is 11.1 Å². The number of ketones is 1. The van der Waals surface area contributed by atoms with Crippen LogP contribution in [-0.4, -0.2) is 23.8 Å². The summed E-state index contributed by atoms with van der Waals surface area (Å²) in [5, 5.41) is 6.30. The predicted molar refractivity (Wildman–Crippen MR) is 116 cm³/mol. The quantitative estimate of drug-likeness (QED) is 0.738. The van der Waals surface area contributed by atoms with Crippen molar-refractivity contribution in [1.82, 2.24) is 10.6 Å². The Hall–Kier alpha value is -3.08. The van der Waals surface area contributed by atoms with E-state index in [1.807, 2.05) is 49.4 Å². The highest BCUT2D eigenvalue weighted by molar-refractivity contribution is 6.15. The fraction of sp³-hybridized carbons (Fsp3) is 0.360. The van der Waals surface area contributed by atoms with Crippen LogP contribution in [0.2, 0.25) is 0 Å². The van der Waals surface area contributed by atoms with Gasteiger partial charge in [-0.2, -0.15) is 0 Å². The minimum atomic E-state index is -0.946. The third-order valence-corrected chi connectivity index (χ3v) is 5.77. The molecule has 1 aliphatic carbocycles. The molecule has 4 rings (SSSR count). The van der Waals surface area contributed by atoms with Gasteiger partial charge in [0.15, 0.2) is 5.78 Å². The number of fused-ring (bicyclic) bond motifs is 1. The van der Waals surface area contributed by atoms with Crippen molar-refractivity contribution >= 4 is 11.7 Å². The summed E-state index contributed by atoms with van der Waals surface area (Å²) in [6.45, 7) is 2.50. The second-order valence-corrected chi connectivity index (χ2v) is 8.14. The van der Waals surface area contributed by atoms with Crippen LogP contribution in [-0.2, 0) is 11.3 Å². The van der Waals surface area contributed by atoms with Gasteiger partial charge in [0, 0.05) is 18.8 Å². The van der Waals surface area contributed by atoms with Crippen LogP contribution in [0.15, 0.2) is 60.3 Å². The molecule has 1 aliphatic heterocycles. The number of rotatable bonds is 5. The highest BCUT2D eigenvalue weighted by Crippen LogP contribution is 2.31. The van der Waals surface area contributed by atoms with Gasteiger partial charge in [-0.1, -0.05) is 61.2 Å². The van der Waals surface area contributed by atoms with E-state index < -0.39 is 6.10 Å². The van der Waals surface area contributed by atoms with Gasteiger partial charge in [-0.15, -0.1) is 0 Å². The first-order valence-corrected chi connectivity index (χ1v) is 10.7. The number of hydrogen-bond donors (Lipinski definition) is 2. The number of amides is 1. The molecule has 2 N–H and O–H groups in total. The molecule has 2 aromatic carbocycles. The zero-order chi connectivity index (χ0) is 20.9. The van der Waals surface area contributed by atoms with Crippen molar-refractivity contribution < 1.29 is 14.3 Å².